The molecule has 1 N–H and O–H groups in total. The zero-order chi connectivity index (χ0) is 17.7. The standard InChI is InChI=1S/C17H26N4O2S/c1-11(2)9-21(4)17(22)14-12(3)13-15(18-7-6-8-23-5)19-10-20-16(13)24-14/h10-11H,6-9H2,1-5H3,(H,18,19,20). The summed E-state index contributed by atoms with van der Waals surface area (Å²) < 4.78 is 5.06. The summed E-state index contributed by atoms with van der Waals surface area (Å²) in [6, 6.07) is 0. The number of anilines is 1. The van der Waals surface area contributed by atoms with Crippen molar-refractivity contribution in [3.63, 3.8) is 0 Å². The maximum atomic E-state index is 12.7. The highest BCUT2D eigenvalue weighted by Gasteiger charge is 2.22. The second kappa shape index (κ2) is 8.39. The number of thiophene rings is 1. The van der Waals surface area contributed by atoms with Crippen molar-refractivity contribution in [2.75, 3.05) is 39.2 Å². The van der Waals surface area contributed by atoms with Gasteiger partial charge in [0.2, 0.25) is 0 Å². The molecule has 6 nitrogen and oxygen atoms in total. The second-order valence-corrected chi connectivity index (χ2v) is 7.31. The molecule has 0 bridgehead atoms. The van der Waals surface area contributed by atoms with Gasteiger partial charge in [-0.2, -0.15) is 0 Å². The van der Waals surface area contributed by atoms with Gasteiger partial charge in [-0.1, -0.05) is 13.8 Å². The van der Waals surface area contributed by atoms with Crippen LogP contribution in [0.1, 0.15) is 35.5 Å². The summed E-state index contributed by atoms with van der Waals surface area (Å²) in [5.74, 6) is 1.27. The summed E-state index contributed by atoms with van der Waals surface area (Å²) >= 11 is 1.44. The van der Waals surface area contributed by atoms with Crippen LogP contribution in [0.5, 0.6) is 0 Å². The molecule has 1 amide bonds. The van der Waals surface area contributed by atoms with Crippen molar-refractivity contribution in [1.82, 2.24) is 14.9 Å². The third kappa shape index (κ3) is 4.21. The number of nitrogens with one attached hydrogen (secondary N) is 1. The molecular weight excluding hydrogens is 324 g/mol. The summed E-state index contributed by atoms with van der Waals surface area (Å²) in [5.41, 5.74) is 0.949. The van der Waals surface area contributed by atoms with Gasteiger partial charge in [-0.15, -0.1) is 11.3 Å². The van der Waals surface area contributed by atoms with Gasteiger partial charge in [0.15, 0.2) is 0 Å². The lowest BCUT2D eigenvalue weighted by Crippen LogP contribution is -2.30. The average Bonchev–Trinajstić information content (AvgIpc) is 2.88. The zero-order valence-electron chi connectivity index (χ0n) is 15.0. The van der Waals surface area contributed by atoms with Gasteiger partial charge in [0.1, 0.15) is 17.0 Å². The van der Waals surface area contributed by atoms with Gasteiger partial charge in [0.05, 0.1) is 10.3 Å². The van der Waals surface area contributed by atoms with Crippen LogP contribution in [0.3, 0.4) is 0 Å². The van der Waals surface area contributed by atoms with Crippen LogP contribution in [0.2, 0.25) is 0 Å². The summed E-state index contributed by atoms with van der Waals surface area (Å²) in [5, 5.41) is 4.27. The number of rotatable bonds is 8. The van der Waals surface area contributed by atoms with Gasteiger partial charge in [-0.25, -0.2) is 9.97 Å². The molecule has 0 aliphatic carbocycles. The quantitative estimate of drug-likeness (QED) is 0.741. The van der Waals surface area contributed by atoms with Crippen molar-refractivity contribution in [2.24, 2.45) is 5.92 Å². The molecule has 0 atom stereocenters. The van der Waals surface area contributed by atoms with Crippen molar-refractivity contribution in [3.8, 4) is 0 Å². The fourth-order valence-corrected chi connectivity index (χ4v) is 3.78. The highest BCUT2D eigenvalue weighted by atomic mass is 32.1. The normalized spacial score (nSPS) is 11.2. The van der Waals surface area contributed by atoms with E-state index in [1.807, 2.05) is 14.0 Å². The lowest BCUT2D eigenvalue weighted by atomic mass is 10.1. The topological polar surface area (TPSA) is 67.3 Å². The monoisotopic (exact) mass is 350 g/mol. The molecule has 2 rings (SSSR count). The highest BCUT2D eigenvalue weighted by Crippen LogP contribution is 2.33. The molecule has 0 unspecified atom stereocenters. The molecule has 132 valence electrons. The Morgan fingerprint density at radius 1 is 1.42 bits per heavy atom. The van der Waals surface area contributed by atoms with Gasteiger partial charge in [0.25, 0.3) is 5.91 Å². The molecule has 0 radical (unpaired) electrons. The molecule has 2 aromatic rings. The van der Waals surface area contributed by atoms with Crippen LogP contribution in [0.4, 0.5) is 5.82 Å². The van der Waals surface area contributed by atoms with E-state index in [2.05, 4.69) is 29.1 Å². The Morgan fingerprint density at radius 2 is 2.17 bits per heavy atom. The van der Waals surface area contributed by atoms with Crippen LogP contribution in [0.15, 0.2) is 6.33 Å². The zero-order valence-corrected chi connectivity index (χ0v) is 15.9. The van der Waals surface area contributed by atoms with Crippen molar-refractivity contribution in [2.45, 2.75) is 27.2 Å². The molecule has 2 heterocycles. The first kappa shape index (κ1) is 18.6. The number of fused-ring (bicyclic) bond motifs is 1. The third-order valence-electron chi connectivity index (χ3n) is 3.72. The predicted molar refractivity (Wildman–Crippen MR) is 98.9 cm³/mol. The number of ether oxygens (including phenoxy) is 1. The van der Waals surface area contributed by atoms with Crippen LogP contribution < -0.4 is 5.32 Å². The first-order valence-corrected chi connectivity index (χ1v) is 8.99. The third-order valence-corrected chi connectivity index (χ3v) is 4.91. The number of amides is 1. The Morgan fingerprint density at radius 3 is 2.83 bits per heavy atom. The number of methoxy groups -OCH3 is 1. The van der Waals surface area contributed by atoms with E-state index in [1.54, 1.807) is 18.3 Å². The number of hydrogen-bond donors (Lipinski definition) is 1. The van der Waals surface area contributed by atoms with Crippen molar-refractivity contribution in [3.05, 3.63) is 16.8 Å². The molecule has 0 spiro atoms. The van der Waals surface area contributed by atoms with Gasteiger partial charge < -0.3 is 15.0 Å². The van der Waals surface area contributed by atoms with Crippen molar-refractivity contribution in [1.29, 1.82) is 0 Å². The Bertz CT molecular complexity index is 699. The SMILES string of the molecule is COCCCNc1ncnc2sc(C(=O)N(C)CC(C)C)c(C)c12. The lowest BCUT2D eigenvalue weighted by Gasteiger charge is -2.18. The minimum absolute atomic E-state index is 0.0505. The van der Waals surface area contributed by atoms with Crippen LogP contribution >= 0.6 is 11.3 Å². The maximum absolute atomic E-state index is 12.7. The molecule has 7 heteroatoms. The molecule has 24 heavy (non-hydrogen) atoms. The molecule has 0 fully saturated rings. The molecule has 0 aliphatic heterocycles. The Hall–Kier alpha value is -1.73. The van der Waals surface area contributed by atoms with E-state index in [9.17, 15) is 4.79 Å². The summed E-state index contributed by atoms with van der Waals surface area (Å²) in [7, 11) is 3.54. The molecule has 0 saturated heterocycles. The summed E-state index contributed by atoms with van der Waals surface area (Å²) in [6.07, 6.45) is 2.44. The van der Waals surface area contributed by atoms with Gasteiger partial charge in [-0.3, -0.25) is 4.79 Å². The fraction of sp³-hybridized carbons (Fsp3) is 0.588. The molecule has 0 saturated carbocycles. The van der Waals surface area contributed by atoms with E-state index in [4.69, 9.17) is 4.74 Å². The van der Waals surface area contributed by atoms with Crippen LogP contribution in [-0.2, 0) is 4.74 Å². The van der Waals surface area contributed by atoms with E-state index >= 15 is 0 Å². The average molecular weight is 350 g/mol. The number of hydrogen-bond acceptors (Lipinski definition) is 6. The molecule has 2 aromatic heterocycles. The first-order chi connectivity index (χ1) is 11.5. The van der Waals surface area contributed by atoms with Gasteiger partial charge in [0, 0.05) is 33.9 Å². The Kier molecular flexibility index (Phi) is 6.51. The predicted octanol–water partition coefficient (Wildman–Crippen LogP) is 3.18. The molecule has 0 aromatic carbocycles. The number of nitrogens with zero attached hydrogens (tertiary/aromatic N) is 3. The lowest BCUT2D eigenvalue weighted by molar-refractivity contribution is 0.0783. The van der Waals surface area contributed by atoms with Gasteiger partial charge in [-0.05, 0) is 24.8 Å². The number of aryl methyl sites for hydroxylation is 1. The minimum Gasteiger partial charge on any atom is -0.385 e. The highest BCUT2D eigenvalue weighted by molar-refractivity contribution is 7.20. The minimum atomic E-state index is 0.0505. The van der Waals surface area contributed by atoms with Crippen LogP contribution in [0.25, 0.3) is 10.2 Å². The fourth-order valence-electron chi connectivity index (χ4n) is 2.64. The van der Waals surface area contributed by atoms with Crippen LogP contribution in [0, 0.1) is 12.8 Å². The number of carbonyl (C=O) groups is 1. The Labute approximate surface area is 147 Å². The van der Waals surface area contributed by atoms with Gasteiger partial charge >= 0.3 is 0 Å². The van der Waals surface area contributed by atoms with Crippen molar-refractivity contribution < 1.29 is 9.53 Å². The summed E-state index contributed by atoms with van der Waals surface area (Å²) in [4.78, 5) is 24.8. The van der Waals surface area contributed by atoms with E-state index in [-0.39, 0.29) is 5.91 Å². The first-order valence-electron chi connectivity index (χ1n) is 8.18. The smallest absolute Gasteiger partial charge is 0.264 e. The largest absolute Gasteiger partial charge is 0.385 e. The van der Waals surface area contributed by atoms with E-state index in [1.165, 1.54) is 11.3 Å². The van der Waals surface area contributed by atoms with E-state index in [0.29, 0.717) is 12.5 Å². The molecular formula is C17H26N4O2S. The maximum Gasteiger partial charge on any atom is 0.264 e. The van der Waals surface area contributed by atoms with Crippen LogP contribution in [-0.4, -0.2) is 54.6 Å². The summed E-state index contributed by atoms with van der Waals surface area (Å²) in [6.45, 7) is 8.39. The van der Waals surface area contributed by atoms with E-state index < -0.39 is 0 Å². The van der Waals surface area contributed by atoms with E-state index in [0.717, 1.165) is 46.0 Å². The second-order valence-electron chi connectivity index (χ2n) is 6.31. The number of aromatic nitrogens is 2. The van der Waals surface area contributed by atoms with Crippen molar-refractivity contribution >= 4 is 33.3 Å². The molecule has 0 aliphatic rings. The number of carbonyl (C=O) groups excluding carboxylic acids is 1. The Balaban J connectivity index is 2.27.